The molecule has 6 nitrogen and oxygen atoms in total. The Morgan fingerprint density at radius 2 is 1.59 bits per heavy atom. The van der Waals surface area contributed by atoms with E-state index in [9.17, 15) is 13.2 Å². The van der Waals surface area contributed by atoms with Crippen molar-refractivity contribution in [2.75, 3.05) is 30.3 Å². The summed E-state index contributed by atoms with van der Waals surface area (Å²) < 4.78 is 30.8. The molecule has 0 aliphatic heterocycles. The second kappa shape index (κ2) is 8.90. The first kappa shape index (κ1) is 20.8. The zero-order valence-electron chi connectivity index (χ0n) is 16.2. The number of amides is 1. The van der Waals surface area contributed by atoms with E-state index < -0.39 is 10.0 Å². The van der Waals surface area contributed by atoms with Crippen molar-refractivity contribution >= 4 is 21.6 Å². The molecule has 0 unspecified atom stereocenters. The molecule has 0 aromatic heterocycles. The number of carbonyl (C=O) groups excluding carboxylic acids is 1. The van der Waals surface area contributed by atoms with E-state index in [1.54, 1.807) is 12.1 Å². The van der Waals surface area contributed by atoms with Crippen LogP contribution in [0.2, 0.25) is 0 Å². The molecule has 0 aliphatic rings. The van der Waals surface area contributed by atoms with E-state index in [4.69, 9.17) is 4.74 Å². The highest BCUT2D eigenvalue weighted by atomic mass is 32.2. The van der Waals surface area contributed by atoms with Crippen molar-refractivity contribution in [3.8, 4) is 5.75 Å². The molecule has 2 aromatic rings. The van der Waals surface area contributed by atoms with Crippen LogP contribution in [0.25, 0.3) is 0 Å². The number of rotatable bonds is 8. The molecule has 0 spiro atoms. The van der Waals surface area contributed by atoms with E-state index in [0.29, 0.717) is 12.3 Å². The Labute approximate surface area is 161 Å². The highest BCUT2D eigenvalue weighted by molar-refractivity contribution is 7.92. The largest absolute Gasteiger partial charge is 0.492 e. The summed E-state index contributed by atoms with van der Waals surface area (Å²) in [4.78, 5) is 12.2. The normalized spacial score (nSPS) is 11.1. The summed E-state index contributed by atoms with van der Waals surface area (Å²) in [7, 11) is -3.57. The average molecular weight is 391 g/mol. The van der Waals surface area contributed by atoms with Gasteiger partial charge in [-0.1, -0.05) is 23.8 Å². The molecule has 0 saturated carbocycles. The van der Waals surface area contributed by atoms with Gasteiger partial charge in [0.25, 0.3) is 0 Å². The first-order valence-corrected chi connectivity index (χ1v) is 10.5. The van der Waals surface area contributed by atoms with Crippen LogP contribution in [0.5, 0.6) is 5.75 Å². The van der Waals surface area contributed by atoms with Crippen molar-refractivity contribution in [2.45, 2.75) is 20.8 Å². The van der Waals surface area contributed by atoms with Crippen molar-refractivity contribution in [3.63, 3.8) is 0 Å². The van der Waals surface area contributed by atoms with Crippen LogP contribution in [-0.4, -0.2) is 40.3 Å². The van der Waals surface area contributed by atoms with Gasteiger partial charge in [0.15, 0.2) is 0 Å². The standard InChI is InChI=1S/C20H26N2O4S/c1-15-5-7-18(8-6-15)22(27(4,24)25)14-20(23)21-9-10-26-19-12-16(2)11-17(3)13-19/h5-8,11-13H,9-10,14H2,1-4H3,(H,21,23). The maximum Gasteiger partial charge on any atom is 0.240 e. The van der Waals surface area contributed by atoms with Gasteiger partial charge in [-0.15, -0.1) is 0 Å². The van der Waals surface area contributed by atoms with Crippen molar-refractivity contribution in [1.29, 1.82) is 0 Å². The van der Waals surface area contributed by atoms with Gasteiger partial charge in [-0.25, -0.2) is 8.42 Å². The Balaban J connectivity index is 1.89. The quantitative estimate of drug-likeness (QED) is 0.703. The van der Waals surface area contributed by atoms with Crippen LogP contribution in [0.15, 0.2) is 42.5 Å². The summed E-state index contributed by atoms with van der Waals surface area (Å²) in [6.45, 7) is 6.22. The number of benzene rings is 2. The number of hydrogen-bond donors (Lipinski definition) is 1. The van der Waals surface area contributed by atoms with Crippen LogP contribution in [-0.2, 0) is 14.8 Å². The van der Waals surface area contributed by atoms with Crippen LogP contribution in [0.4, 0.5) is 5.69 Å². The lowest BCUT2D eigenvalue weighted by Crippen LogP contribution is -2.41. The molecule has 0 aliphatic carbocycles. The average Bonchev–Trinajstić information content (AvgIpc) is 2.56. The van der Waals surface area contributed by atoms with Gasteiger partial charge in [0.2, 0.25) is 15.9 Å². The van der Waals surface area contributed by atoms with Gasteiger partial charge in [0.05, 0.1) is 18.5 Å². The molecule has 1 amide bonds. The number of aryl methyl sites for hydroxylation is 3. The summed E-state index contributed by atoms with van der Waals surface area (Å²) in [5.41, 5.74) is 3.69. The zero-order valence-corrected chi connectivity index (χ0v) is 17.0. The highest BCUT2D eigenvalue weighted by Gasteiger charge is 2.20. The van der Waals surface area contributed by atoms with Crippen molar-refractivity contribution < 1.29 is 17.9 Å². The number of hydrogen-bond acceptors (Lipinski definition) is 4. The molecule has 1 N–H and O–H groups in total. The molecule has 146 valence electrons. The lowest BCUT2D eigenvalue weighted by atomic mass is 10.1. The van der Waals surface area contributed by atoms with Crippen LogP contribution in [0.1, 0.15) is 16.7 Å². The zero-order chi connectivity index (χ0) is 20.0. The van der Waals surface area contributed by atoms with Gasteiger partial charge in [0, 0.05) is 0 Å². The van der Waals surface area contributed by atoms with Gasteiger partial charge in [-0.2, -0.15) is 0 Å². The number of nitrogens with one attached hydrogen (secondary N) is 1. The molecule has 0 heterocycles. The highest BCUT2D eigenvalue weighted by Crippen LogP contribution is 2.18. The minimum absolute atomic E-state index is 0.272. The van der Waals surface area contributed by atoms with Gasteiger partial charge in [0.1, 0.15) is 18.9 Å². The Morgan fingerprint density at radius 1 is 1.00 bits per heavy atom. The third kappa shape index (κ3) is 6.60. The molecule has 0 fully saturated rings. The van der Waals surface area contributed by atoms with Gasteiger partial charge >= 0.3 is 0 Å². The third-order valence-electron chi connectivity index (χ3n) is 3.90. The SMILES string of the molecule is Cc1ccc(N(CC(=O)NCCOc2cc(C)cc(C)c2)S(C)(=O)=O)cc1. The predicted octanol–water partition coefficient (Wildman–Crippen LogP) is 2.57. The third-order valence-corrected chi connectivity index (χ3v) is 5.04. The van der Waals surface area contributed by atoms with E-state index in [2.05, 4.69) is 11.4 Å². The van der Waals surface area contributed by atoms with Crippen molar-refractivity contribution in [3.05, 3.63) is 59.2 Å². The number of anilines is 1. The van der Waals surface area contributed by atoms with Gasteiger partial charge < -0.3 is 10.1 Å². The lowest BCUT2D eigenvalue weighted by molar-refractivity contribution is -0.119. The summed E-state index contributed by atoms with van der Waals surface area (Å²) in [6, 6.07) is 12.9. The molecule has 7 heteroatoms. The summed E-state index contributed by atoms with van der Waals surface area (Å²) in [5, 5.41) is 2.70. The first-order chi connectivity index (χ1) is 12.6. The molecular weight excluding hydrogens is 364 g/mol. The second-order valence-corrected chi connectivity index (χ2v) is 8.53. The predicted molar refractivity (Wildman–Crippen MR) is 108 cm³/mol. The number of sulfonamides is 1. The maximum absolute atomic E-state index is 12.2. The smallest absolute Gasteiger partial charge is 0.240 e. The minimum atomic E-state index is -3.57. The van der Waals surface area contributed by atoms with Crippen molar-refractivity contribution in [1.82, 2.24) is 5.32 Å². The summed E-state index contributed by atoms with van der Waals surface area (Å²) in [5.74, 6) is 0.365. The molecule has 0 bridgehead atoms. The fourth-order valence-corrected chi connectivity index (χ4v) is 3.53. The summed E-state index contributed by atoms with van der Waals surface area (Å²) in [6.07, 6.45) is 1.09. The molecule has 2 aromatic carbocycles. The van der Waals surface area contributed by atoms with Gasteiger partial charge in [-0.3, -0.25) is 9.10 Å². The van der Waals surface area contributed by atoms with E-state index in [1.165, 1.54) is 0 Å². The van der Waals surface area contributed by atoms with E-state index in [0.717, 1.165) is 33.0 Å². The molecule has 0 radical (unpaired) electrons. The first-order valence-electron chi connectivity index (χ1n) is 8.67. The van der Waals surface area contributed by atoms with E-state index >= 15 is 0 Å². The molecule has 2 rings (SSSR count). The summed E-state index contributed by atoms with van der Waals surface area (Å²) >= 11 is 0. The Kier molecular flexibility index (Phi) is 6.85. The number of ether oxygens (including phenoxy) is 1. The molecular formula is C20H26N2O4S. The number of carbonyl (C=O) groups is 1. The Bertz CT molecular complexity index is 872. The van der Waals surface area contributed by atoms with Gasteiger partial charge in [-0.05, 0) is 56.2 Å². The fraction of sp³-hybridized carbons (Fsp3) is 0.350. The monoisotopic (exact) mass is 390 g/mol. The van der Waals surface area contributed by atoms with Crippen molar-refractivity contribution in [2.24, 2.45) is 0 Å². The van der Waals surface area contributed by atoms with E-state index in [1.807, 2.05) is 45.0 Å². The topological polar surface area (TPSA) is 75.7 Å². The van der Waals surface area contributed by atoms with Crippen LogP contribution in [0, 0.1) is 20.8 Å². The Morgan fingerprint density at radius 3 is 2.15 bits per heavy atom. The lowest BCUT2D eigenvalue weighted by Gasteiger charge is -2.22. The minimum Gasteiger partial charge on any atom is -0.492 e. The van der Waals surface area contributed by atoms with Crippen LogP contribution in [0.3, 0.4) is 0 Å². The Hall–Kier alpha value is -2.54. The second-order valence-electron chi connectivity index (χ2n) is 6.63. The molecule has 0 saturated heterocycles. The molecule has 0 atom stereocenters. The van der Waals surface area contributed by atoms with Crippen LogP contribution < -0.4 is 14.4 Å². The maximum atomic E-state index is 12.2. The van der Waals surface area contributed by atoms with Crippen LogP contribution >= 0.6 is 0 Å². The number of nitrogens with zero attached hydrogens (tertiary/aromatic N) is 1. The molecule has 27 heavy (non-hydrogen) atoms. The fourth-order valence-electron chi connectivity index (χ4n) is 2.67. The van der Waals surface area contributed by atoms with E-state index in [-0.39, 0.29) is 19.0 Å².